The third-order valence-corrected chi connectivity index (χ3v) is 2.53. The van der Waals surface area contributed by atoms with E-state index in [1.807, 2.05) is 18.2 Å². The van der Waals surface area contributed by atoms with Gasteiger partial charge >= 0.3 is 5.97 Å². The Morgan fingerprint density at radius 1 is 1.33 bits per heavy atom. The van der Waals surface area contributed by atoms with Gasteiger partial charge in [0.05, 0.1) is 0 Å². The Morgan fingerprint density at radius 2 is 2.00 bits per heavy atom. The molecule has 15 heavy (non-hydrogen) atoms. The summed E-state index contributed by atoms with van der Waals surface area (Å²) in [4.78, 5) is 11.0. The fraction of sp³-hybridized carbons (Fsp3) is 0.250. The van der Waals surface area contributed by atoms with Gasteiger partial charge in [-0.2, -0.15) is 0 Å². The van der Waals surface area contributed by atoms with Gasteiger partial charge in [0.1, 0.15) is 6.10 Å². The van der Waals surface area contributed by atoms with Crippen LogP contribution in [0.5, 0.6) is 0 Å². The molecule has 1 aliphatic heterocycles. The lowest BCUT2D eigenvalue weighted by atomic mass is 9.93. The first-order valence-corrected chi connectivity index (χ1v) is 4.77. The topological polar surface area (TPSA) is 46.5 Å². The summed E-state index contributed by atoms with van der Waals surface area (Å²) in [7, 11) is 0. The Bertz CT molecular complexity index is 397. The van der Waals surface area contributed by atoms with E-state index < -0.39 is 17.7 Å². The summed E-state index contributed by atoms with van der Waals surface area (Å²) in [5, 5.41) is 10.1. The highest BCUT2D eigenvalue weighted by Gasteiger charge is 2.38. The first-order chi connectivity index (χ1) is 7.12. The van der Waals surface area contributed by atoms with Gasteiger partial charge in [-0.1, -0.05) is 30.3 Å². The molecule has 2 atom stereocenters. The highest BCUT2D eigenvalue weighted by atomic mass is 16.6. The molecular formula is C12H12O3. The predicted molar refractivity (Wildman–Crippen MR) is 55.0 cm³/mol. The Labute approximate surface area is 88.0 Å². The van der Waals surface area contributed by atoms with E-state index in [1.54, 1.807) is 25.1 Å². The summed E-state index contributed by atoms with van der Waals surface area (Å²) in [6, 6.07) is 9.14. The van der Waals surface area contributed by atoms with Gasteiger partial charge in [0.25, 0.3) is 0 Å². The van der Waals surface area contributed by atoms with Gasteiger partial charge in [0.15, 0.2) is 5.60 Å². The van der Waals surface area contributed by atoms with E-state index in [4.69, 9.17) is 4.74 Å². The van der Waals surface area contributed by atoms with Crippen LogP contribution in [0.3, 0.4) is 0 Å². The third kappa shape index (κ3) is 1.78. The maximum atomic E-state index is 11.0. The second kappa shape index (κ2) is 3.51. The minimum absolute atomic E-state index is 0.410. The van der Waals surface area contributed by atoms with Crippen molar-refractivity contribution in [2.75, 3.05) is 0 Å². The first kappa shape index (κ1) is 9.93. The van der Waals surface area contributed by atoms with Crippen molar-refractivity contribution >= 4 is 5.97 Å². The number of rotatable bonds is 2. The number of aliphatic hydroxyl groups excluding tert-OH is 1. The van der Waals surface area contributed by atoms with Crippen LogP contribution < -0.4 is 0 Å². The van der Waals surface area contributed by atoms with Crippen LogP contribution in [0.1, 0.15) is 18.6 Å². The number of carbonyl (C=O) groups is 1. The molecule has 0 bridgehead atoms. The molecule has 0 saturated carbocycles. The number of cyclic esters (lactones) is 1. The van der Waals surface area contributed by atoms with Crippen molar-refractivity contribution in [2.24, 2.45) is 0 Å². The van der Waals surface area contributed by atoms with Crippen molar-refractivity contribution in [1.82, 2.24) is 0 Å². The number of ether oxygens (including phenoxy) is 1. The summed E-state index contributed by atoms with van der Waals surface area (Å²) < 4.78 is 5.06. The molecule has 3 nitrogen and oxygen atoms in total. The quantitative estimate of drug-likeness (QED) is 0.744. The average Bonchev–Trinajstić information content (AvgIpc) is 2.60. The van der Waals surface area contributed by atoms with E-state index in [-0.39, 0.29) is 0 Å². The molecule has 0 amide bonds. The number of carbonyl (C=O) groups excluding carboxylic acids is 1. The van der Waals surface area contributed by atoms with Crippen LogP contribution >= 0.6 is 0 Å². The van der Waals surface area contributed by atoms with Crippen LogP contribution in [0.15, 0.2) is 42.5 Å². The van der Waals surface area contributed by atoms with Gasteiger partial charge < -0.3 is 9.84 Å². The summed E-state index contributed by atoms with van der Waals surface area (Å²) in [5.74, 6) is -0.410. The molecule has 1 aliphatic rings. The van der Waals surface area contributed by atoms with Crippen LogP contribution in [0.25, 0.3) is 0 Å². The predicted octanol–water partition coefficient (Wildman–Crippen LogP) is 1.59. The molecule has 78 valence electrons. The van der Waals surface area contributed by atoms with E-state index in [1.165, 1.54) is 6.08 Å². The average molecular weight is 204 g/mol. The van der Waals surface area contributed by atoms with Crippen molar-refractivity contribution in [2.45, 2.75) is 18.6 Å². The number of esters is 1. The summed E-state index contributed by atoms with van der Waals surface area (Å²) in [6.07, 6.45) is 2.10. The van der Waals surface area contributed by atoms with Gasteiger partial charge in [-0.25, -0.2) is 4.79 Å². The van der Waals surface area contributed by atoms with Crippen LogP contribution in [-0.2, 0) is 9.53 Å². The molecule has 1 N–H and O–H groups in total. The van der Waals surface area contributed by atoms with Gasteiger partial charge in [-0.05, 0) is 18.6 Å². The molecule has 0 fully saturated rings. The highest BCUT2D eigenvalue weighted by molar-refractivity contribution is 5.85. The van der Waals surface area contributed by atoms with Gasteiger partial charge in [0.2, 0.25) is 0 Å². The molecule has 0 radical (unpaired) electrons. The minimum atomic E-state index is -0.946. The van der Waals surface area contributed by atoms with Crippen LogP contribution in [-0.4, -0.2) is 16.7 Å². The molecule has 0 spiro atoms. The maximum Gasteiger partial charge on any atom is 0.331 e. The summed E-state index contributed by atoms with van der Waals surface area (Å²) >= 11 is 0. The second-order valence-corrected chi connectivity index (χ2v) is 3.75. The normalized spacial score (nSPS) is 26.4. The van der Waals surface area contributed by atoms with Crippen LogP contribution in [0, 0.1) is 0 Å². The Hall–Kier alpha value is -1.61. The smallest absolute Gasteiger partial charge is 0.331 e. The van der Waals surface area contributed by atoms with Crippen molar-refractivity contribution < 1.29 is 14.6 Å². The molecule has 1 aromatic carbocycles. The monoisotopic (exact) mass is 204 g/mol. The molecule has 2 rings (SSSR count). The number of benzene rings is 1. The highest BCUT2D eigenvalue weighted by Crippen LogP contribution is 2.33. The fourth-order valence-corrected chi connectivity index (χ4v) is 1.63. The largest absolute Gasteiger partial charge is 0.449 e. The lowest BCUT2D eigenvalue weighted by Gasteiger charge is -2.27. The standard InChI is InChI=1S/C12H12O3/c1-12(8-7-10(13)15-12)11(14)9-5-3-2-4-6-9/h2-8,11,14H,1H3/t11-,12+/m1/s1. The molecule has 0 aliphatic carbocycles. The number of aliphatic hydroxyl groups is 1. The molecule has 1 aromatic rings. The SMILES string of the molecule is C[C@@]1([C@H](O)c2ccccc2)C=CC(=O)O1. The molecule has 0 saturated heterocycles. The van der Waals surface area contributed by atoms with E-state index in [0.717, 1.165) is 5.56 Å². The van der Waals surface area contributed by atoms with E-state index >= 15 is 0 Å². The zero-order valence-electron chi connectivity index (χ0n) is 8.38. The van der Waals surface area contributed by atoms with Crippen molar-refractivity contribution in [1.29, 1.82) is 0 Å². The number of hydrogen-bond donors (Lipinski definition) is 1. The minimum Gasteiger partial charge on any atom is -0.449 e. The van der Waals surface area contributed by atoms with E-state index in [9.17, 15) is 9.90 Å². The lowest BCUT2D eigenvalue weighted by Crippen LogP contribution is -2.32. The Morgan fingerprint density at radius 3 is 2.53 bits per heavy atom. The first-order valence-electron chi connectivity index (χ1n) is 4.77. The van der Waals surface area contributed by atoms with Crippen LogP contribution in [0.2, 0.25) is 0 Å². The Kier molecular flexibility index (Phi) is 2.32. The zero-order chi connectivity index (χ0) is 10.9. The fourth-order valence-electron chi connectivity index (χ4n) is 1.63. The van der Waals surface area contributed by atoms with E-state index in [2.05, 4.69) is 0 Å². The molecular weight excluding hydrogens is 192 g/mol. The second-order valence-electron chi connectivity index (χ2n) is 3.75. The summed E-state index contributed by atoms with van der Waals surface area (Å²) in [6.45, 7) is 1.69. The molecule has 3 heteroatoms. The van der Waals surface area contributed by atoms with Gasteiger partial charge in [-0.15, -0.1) is 0 Å². The third-order valence-electron chi connectivity index (χ3n) is 2.53. The van der Waals surface area contributed by atoms with Crippen molar-refractivity contribution in [3.63, 3.8) is 0 Å². The van der Waals surface area contributed by atoms with Crippen molar-refractivity contribution in [3.05, 3.63) is 48.0 Å². The van der Waals surface area contributed by atoms with Gasteiger partial charge in [0, 0.05) is 6.08 Å². The molecule has 1 heterocycles. The lowest BCUT2D eigenvalue weighted by molar-refractivity contribution is -0.153. The Balaban J connectivity index is 2.26. The van der Waals surface area contributed by atoms with Crippen molar-refractivity contribution in [3.8, 4) is 0 Å². The van der Waals surface area contributed by atoms with Gasteiger partial charge in [-0.3, -0.25) is 0 Å². The molecule has 0 unspecified atom stereocenters. The zero-order valence-corrected chi connectivity index (χ0v) is 8.38. The maximum absolute atomic E-state index is 11.0. The van der Waals surface area contributed by atoms with E-state index in [0.29, 0.717) is 0 Å². The number of hydrogen-bond acceptors (Lipinski definition) is 3. The molecule has 0 aromatic heterocycles. The summed E-state index contributed by atoms with van der Waals surface area (Å²) in [5.41, 5.74) is -0.210. The van der Waals surface area contributed by atoms with Crippen LogP contribution in [0.4, 0.5) is 0 Å².